The quantitative estimate of drug-likeness (QED) is 0.477. The highest BCUT2D eigenvalue weighted by Crippen LogP contribution is 2.27. The molecule has 0 aliphatic carbocycles. The van der Waals surface area contributed by atoms with E-state index in [4.69, 9.17) is 22.1 Å². The van der Waals surface area contributed by atoms with Crippen LogP contribution in [0.3, 0.4) is 0 Å². The summed E-state index contributed by atoms with van der Waals surface area (Å²) >= 11 is 7.60. The molecule has 0 saturated heterocycles. The summed E-state index contributed by atoms with van der Waals surface area (Å²) in [6.07, 6.45) is 0. The Balaban J connectivity index is 1.78. The van der Waals surface area contributed by atoms with Gasteiger partial charge in [0.25, 0.3) is 0 Å². The maximum Gasteiger partial charge on any atom is 0.190 e. The van der Waals surface area contributed by atoms with Gasteiger partial charge < -0.3 is 10.5 Å². The summed E-state index contributed by atoms with van der Waals surface area (Å²) in [6, 6.07) is 17.3. The monoisotopic (exact) mass is 396 g/mol. The summed E-state index contributed by atoms with van der Waals surface area (Å²) in [7, 11) is 0. The van der Waals surface area contributed by atoms with Crippen LogP contribution in [0.1, 0.15) is 22.4 Å². The molecule has 0 amide bonds. The van der Waals surface area contributed by atoms with Gasteiger partial charge in [-0.05, 0) is 36.2 Å². The largest absolute Gasteiger partial charge is 0.487 e. The number of nitrogens with two attached hydrogens (primary N) is 1. The topological polar surface area (TPSA) is 84.8 Å². The molecule has 0 fully saturated rings. The van der Waals surface area contributed by atoms with Crippen molar-refractivity contribution in [2.75, 3.05) is 5.73 Å². The van der Waals surface area contributed by atoms with E-state index in [1.165, 1.54) is 11.8 Å². The van der Waals surface area contributed by atoms with Crippen molar-refractivity contribution in [1.82, 2.24) is 9.97 Å². The average molecular weight is 397 g/mol. The van der Waals surface area contributed by atoms with Gasteiger partial charge >= 0.3 is 0 Å². The zero-order valence-electron chi connectivity index (χ0n) is 14.6. The molecule has 27 heavy (non-hydrogen) atoms. The lowest BCUT2D eigenvalue weighted by Crippen LogP contribution is -2.08. The molecule has 3 aromatic rings. The van der Waals surface area contributed by atoms with Crippen LogP contribution in [0.4, 0.5) is 5.82 Å². The van der Waals surface area contributed by atoms with Crippen LogP contribution in [0.25, 0.3) is 0 Å². The fraction of sp³-hybridized carbons (Fsp3) is 0.150. The number of ether oxygens (including phenoxy) is 1. The van der Waals surface area contributed by atoms with Crippen LogP contribution in [0.5, 0.6) is 5.75 Å². The lowest BCUT2D eigenvalue weighted by atomic mass is 10.2. The number of halogens is 1. The van der Waals surface area contributed by atoms with Gasteiger partial charge in [0.2, 0.25) is 0 Å². The molecule has 0 bridgehead atoms. The summed E-state index contributed by atoms with van der Waals surface area (Å²) in [5.41, 5.74) is 8.73. The molecule has 5 nitrogen and oxygen atoms in total. The van der Waals surface area contributed by atoms with Gasteiger partial charge in [0.15, 0.2) is 5.16 Å². The minimum atomic E-state index is 0.138. The Kier molecular flexibility index (Phi) is 6.17. The first-order valence-electron chi connectivity index (χ1n) is 8.19. The molecule has 7 heteroatoms. The van der Waals surface area contributed by atoms with E-state index in [-0.39, 0.29) is 18.0 Å². The Morgan fingerprint density at radius 2 is 2.00 bits per heavy atom. The second-order valence-electron chi connectivity index (χ2n) is 5.81. The lowest BCUT2D eigenvalue weighted by Gasteiger charge is -2.10. The molecule has 0 radical (unpaired) electrons. The fourth-order valence-electron chi connectivity index (χ4n) is 2.41. The van der Waals surface area contributed by atoms with E-state index in [1.807, 2.05) is 55.5 Å². The van der Waals surface area contributed by atoms with Crippen LogP contribution in [0.15, 0.2) is 53.7 Å². The molecule has 1 aromatic heterocycles. The fourth-order valence-corrected chi connectivity index (χ4v) is 3.56. The Labute approximate surface area is 167 Å². The molecule has 0 aliphatic heterocycles. The number of thioether (sulfide) groups is 1. The molecular formula is C20H17ClN4OS. The maximum atomic E-state index is 9.39. The minimum Gasteiger partial charge on any atom is -0.487 e. The number of anilines is 1. The van der Waals surface area contributed by atoms with E-state index in [9.17, 15) is 5.26 Å². The first kappa shape index (κ1) is 19.0. The van der Waals surface area contributed by atoms with Crippen molar-refractivity contribution in [2.24, 2.45) is 0 Å². The number of nitrogens with zero attached hydrogens (tertiary/aromatic N) is 3. The van der Waals surface area contributed by atoms with Crippen molar-refractivity contribution >= 4 is 29.2 Å². The molecule has 2 aromatic carbocycles. The number of nitriles is 1. The van der Waals surface area contributed by atoms with Gasteiger partial charge in [0.1, 0.15) is 35.5 Å². The summed E-state index contributed by atoms with van der Waals surface area (Å²) in [5, 5.41) is 10.6. The predicted octanol–water partition coefficient (Wildman–Crippen LogP) is 4.76. The van der Waals surface area contributed by atoms with Gasteiger partial charge in [-0.1, -0.05) is 53.7 Å². The van der Waals surface area contributed by atoms with Gasteiger partial charge in [-0.2, -0.15) is 5.26 Å². The van der Waals surface area contributed by atoms with Gasteiger partial charge in [-0.3, -0.25) is 0 Å². The van der Waals surface area contributed by atoms with E-state index in [0.717, 1.165) is 11.1 Å². The Hall–Kier alpha value is -2.75. The average Bonchev–Trinajstić information content (AvgIpc) is 2.65. The Bertz CT molecular complexity index is 1000. The molecule has 1 heterocycles. The molecule has 2 N–H and O–H groups in total. The highest BCUT2D eigenvalue weighted by molar-refractivity contribution is 7.98. The first-order chi connectivity index (χ1) is 13.1. The molecule has 0 spiro atoms. The predicted molar refractivity (Wildman–Crippen MR) is 108 cm³/mol. The molecule has 0 atom stereocenters. The summed E-state index contributed by atoms with van der Waals surface area (Å²) < 4.78 is 5.78. The SMILES string of the molecule is Cc1cccc(OCc2nc(SCc3ccccc3Cl)nc(N)c2C#N)c1. The number of aryl methyl sites for hydroxylation is 1. The molecular weight excluding hydrogens is 380 g/mol. The molecule has 0 saturated carbocycles. The second kappa shape index (κ2) is 8.76. The first-order valence-corrected chi connectivity index (χ1v) is 9.55. The van der Waals surface area contributed by atoms with E-state index in [0.29, 0.717) is 27.4 Å². The van der Waals surface area contributed by atoms with Gasteiger partial charge in [-0.15, -0.1) is 0 Å². The standard InChI is InChI=1S/C20H17ClN4OS/c1-13-5-4-7-15(9-13)26-11-18-16(10-22)19(23)25-20(24-18)27-12-14-6-2-3-8-17(14)21/h2-9H,11-12H2,1H3,(H2,23,24,25). The molecule has 136 valence electrons. The maximum absolute atomic E-state index is 9.39. The second-order valence-corrected chi connectivity index (χ2v) is 7.16. The number of nitrogen functional groups attached to an aromatic ring is 1. The molecule has 0 aliphatic rings. The van der Waals surface area contributed by atoms with E-state index in [1.54, 1.807) is 0 Å². The van der Waals surface area contributed by atoms with Crippen LogP contribution in [-0.4, -0.2) is 9.97 Å². The third-order valence-corrected chi connectivity index (χ3v) is 5.05. The number of rotatable bonds is 6. The minimum absolute atomic E-state index is 0.138. The van der Waals surface area contributed by atoms with Crippen molar-refractivity contribution in [1.29, 1.82) is 5.26 Å². The smallest absolute Gasteiger partial charge is 0.190 e. The number of hydrogen-bond acceptors (Lipinski definition) is 6. The van der Waals surface area contributed by atoms with Crippen molar-refractivity contribution in [3.8, 4) is 11.8 Å². The normalized spacial score (nSPS) is 10.4. The number of hydrogen-bond donors (Lipinski definition) is 1. The van der Waals surface area contributed by atoms with E-state index in [2.05, 4.69) is 16.0 Å². The van der Waals surface area contributed by atoms with Crippen LogP contribution >= 0.6 is 23.4 Å². The zero-order chi connectivity index (χ0) is 19.2. The number of aromatic nitrogens is 2. The van der Waals surface area contributed by atoms with Crippen molar-refractivity contribution < 1.29 is 4.74 Å². The highest BCUT2D eigenvalue weighted by Gasteiger charge is 2.14. The lowest BCUT2D eigenvalue weighted by molar-refractivity contribution is 0.299. The van der Waals surface area contributed by atoms with Gasteiger partial charge in [-0.25, -0.2) is 9.97 Å². The zero-order valence-corrected chi connectivity index (χ0v) is 16.2. The summed E-state index contributed by atoms with van der Waals surface area (Å²) in [6.45, 7) is 2.12. The third kappa shape index (κ3) is 4.91. The molecule has 0 unspecified atom stereocenters. The Morgan fingerprint density at radius 1 is 1.19 bits per heavy atom. The van der Waals surface area contributed by atoms with Crippen molar-refractivity contribution in [2.45, 2.75) is 24.4 Å². The van der Waals surface area contributed by atoms with Crippen molar-refractivity contribution in [3.63, 3.8) is 0 Å². The summed E-state index contributed by atoms with van der Waals surface area (Å²) in [5.74, 6) is 1.46. The van der Waals surface area contributed by atoms with Crippen LogP contribution in [-0.2, 0) is 12.4 Å². The summed E-state index contributed by atoms with van der Waals surface area (Å²) in [4.78, 5) is 8.69. The molecule has 3 rings (SSSR count). The third-order valence-electron chi connectivity index (χ3n) is 3.78. The van der Waals surface area contributed by atoms with Crippen LogP contribution in [0, 0.1) is 18.3 Å². The van der Waals surface area contributed by atoms with Crippen LogP contribution < -0.4 is 10.5 Å². The van der Waals surface area contributed by atoms with E-state index < -0.39 is 0 Å². The van der Waals surface area contributed by atoms with Gasteiger partial charge in [0, 0.05) is 10.8 Å². The van der Waals surface area contributed by atoms with Gasteiger partial charge in [0.05, 0.1) is 0 Å². The highest BCUT2D eigenvalue weighted by atomic mass is 35.5. The Morgan fingerprint density at radius 3 is 2.74 bits per heavy atom. The number of benzene rings is 2. The van der Waals surface area contributed by atoms with Crippen molar-refractivity contribution in [3.05, 3.63) is 75.9 Å². The van der Waals surface area contributed by atoms with Crippen LogP contribution in [0.2, 0.25) is 5.02 Å². The van der Waals surface area contributed by atoms with E-state index >= 15 is 0 Å².